The van der Waals surface area contributed by atoms with Gasteiger partial charge in [0.15, 0.2) is 0 Å². The van der Waals surface area contributed by atoms with Crippen molar-refractivity contribution in [1.82, 2.24) is 10.2 Å². The van der Waals surface area contributed by atoms with Crippen molar-refractivity contribution in [1.29, 1.82) is 0 Å². The molecule has 0 radical (unpaired) electrons. The lowest BCUT2D eigenvalue weighted by Crippen LogP contribution is -2.51. The van der Waals surface area contributed by atoms with Gasteiger partial charge in [-0.3, -0.25) is 13.9 Å². The monoisotopic (exact) mass is 643 g/mol. The van der Waals surface area contributed by atoms with Crippen LogP contribution >= 0.6 is 46.4 Å². The van der Waals surface area contributed by atoms with Crippen LogP contribution in [-0.4, -0.2) is 44.3 Å². The molecule has 214 valence electrons. The minimum absolute atomic E-state index is 0.0202. The Hall–Kier alpha value is -2.49. The summed E-state index contributed by atoms with van der Waals surface area (Å²) in [6, 6.07) is 15.9. The van der Waals surface area contributed by atoms with E-state index in [9.17, 15) is 18.0 Å². The van der Waals surface area contributed by atoms with Crippen LogP contribution in [0.2, 0.25) is 20.1 Å². The van der Waals surface area contributed by atoms with E-state index in [1.807, 2.05) is 6.92 Å². The summed E-state index contributed by atoms with van der Waals surface area (Å²) in [6.07, 6.45) is 1.66. The van der Waals surface area contributed by atoms with E-state index in [1.165, 1.54) is 35.2 Å². The molecule has 0 heterocycles. The number of carbonyl (C=O) groups excluding carboxylic acids is 2. The van der Waals surface area contributed by atoms with Crippen molar-refractivity contribution in [2.75, 3.05) is 17.4 Å². The van der Waals surface area contributed by atoms with E-state index in [-0.39, 0.29) is 38.1 Å². The molecule has 1 N–H and O–H groups in total. The standard InChI is InChI=1S/C28H29Cl4N3O4S/c1-3-4-12-33-28(37)19(2)34(17-20-10-11-25(31)26(32)13-20)27(36)18-35(23-15-21(29)14-22(30)16-23)40(38,39)24-8-6-5-7-9-24/h5-11,13-16,19H,3-4,12,17-18H2,1-2H3,(H,33,37)/t19-/m0/s1. The Labute approximate surface area is 255 Å². The number of rotatable bonds is 12. The van der Waals surface area contributed by atoms with Crippen LogP contribution in [0.15, 0.2) is 71.6 Å². The van der Waals surface area contributed by atoms with Crippen LogP contribution in [-0.2, 0) is 26.2 Å². The fourth-order valence-electron chi connectivity index (χ4n) is 3.89. The summed E-state index contributed by atoms with van der Waals surface area (Å²) in [5, 5.41) is 3.85. The van der Waals surface area contributed by atoms with Crippen molar-refractivity contribution in [2.24, 2.45) is 0 Å². The van der Waals surface area contributed by atoms with Gasteiger partial charge < -0.3 is 10.2 Å². The van der Waals surface area contributed by atoms with Crippen LogP contribution in [0.4, 0.5) is 5.69 Å². The number of nitrogens with zero attached hydrogens (tertiary/aromatic N) is 2. The number of nitrogens with one attached hydrogen (secondary N) is 1. The second-order valence-electron chi connectivity index (χ2n) is 9.04. The summed E-state index contributed by atoms with van der Waals surface area (Å²) >= 11 is 24.7. The predicted octanol–water partition coefficient (Wildman–Crippen LogP) is 6.83. The molecule has 0 fully saturated rings. The molecule has 40 heavy (non-hydrogen) atoms. The Morgan fingerprint density at radius 1 is 0.900 bits per heavy atom. The normalized spacial score (nSPS) is 12.1. The molecular weight excluding hydrogens is 616 g/mol. The van der Waals surface area contributed by atoms with Gasteiger partial charge in [-0.1, -0.05) is 84.0 Å². The van der Waals surface area contributed by atoms with Crippen LogP contribution in [0, 0.1) is 0 Å². The van der Waals surface area contributed by atoms with E-state index >= 15 is 0 Å². The summed E-state index contributed by atoms with van der Waals surface area (Å²) in [6.45, 7) is 3.39. The molecular formula is C28H29Cl4N3O4S. The van der Waals surface area contributed by atoms with Crippen LogP contribution in [0.25, 0.3) is 0 Å². The topological polar surface area (TPSA) is 86.8 Å². The molecule has 0 aliphatic carbocycles. The van der Waals surface area contributed by atoms with Crippen molar-refractivity contribution in [3.05, 3.63) is 92.4 Å². The van der Waals surface area contributed by atoms with Crippen molar-refractivity contribution < 1.29 is 18.0 Å². The van der Waals surface area contributed by atoms with Crippen LogP contribution in [0.5, 0.6) is 0 Å². The molecule has 0 aromatic heterocycles. The number of halogens is 4. The highest BCUT2D eigenvalue weighted by atomic mass is 35.5. The average Bonchev–Trinajstić information content (AvgIpc) is 2.91. The highest BCUT2D eigenvalue weighted by Crippen LogP contribution is 2.30. The third-order valence-corrected chi connectivity index (χ3v) is 9.04. The van der Waals surface area contributed by atoms with Gasteiger partial charge >= 0.3 is 0 Å². The maximum atomic E-state index is 13.9. The Balaban J connectivity index is 2.03. The molecule has 0 saturated carbocycles. The molecule has 2 amide bonds. The fraction of sp³-hybridized carbons (Fsp3) is 0.286. The summed E-state index contributed by atoms with van der Waals surface area (Å²) in [5.41, 5.74) is 0.712. The molecule has 3 rings (SSSR count). The van der Waals surface area contributed by atoms with Crippen LogP contribution in [0.1, 0.15) is 32.3 Å². The number of hydrogen-bond acceptors (Lipinski definition) is 4. The maximum Gasteiger partial charge on any atom is 0.264 e. The Morgan fingerprint density at radius 2 is 1.55 bits per heavy atom. The van der Waals surface area contributed by atoms with Crippen LogP contribution in [0.3, 0.4) is 0 Å². The number of anilines is 1. The minimum atomic E-state index is -4.24. The van der Waals surface area contributed by atoms with Crippen molar-refractivity contribution in [3.8, 4) is 0 Å². The molecule has 0 saturated heterocycles. The second-order valence-corrected chi connectivity index (χ2v) is 12.6. The van der Waals surface area contributed by atoms with E-state index < -0.39 is 28.5 Å². The van der Waals surface area contributed by atoms with E-state index in [1.54, 1.807) is 43.3 Å². The third-order valence-electron chi connectivity index (χ3n) is 6.08. The number of benzene rings is 3. The van der Waals surface area contributed by atoms with Crippen molar-refractivity contribution in [2.45, 2.75) is 44.2 Å². The highest BCUT2D eigenvalue weighted by Gasteiger charge is 2.32. The smallest absolute Gasteiger partial charge is 0.264 e. The lowest BCUT2D eigenvalue weighted by Gasteiger charge is -2.32. The average molecular weight is 645 g/mol. The van der Waals surface area contributed by atoms with Crippen LogP contribution < -0.4 is 9.62 Å². The van der Waals surface area contributed by atoms with E-state index in [2.05, 4.69) is 5.32 Å². The summed E-state index contributed by atoms with van der Waals surface area (Å²) in [4.78, 5) is 28.2. The number of sulfonamides is 1. The lowest BCUT2D eigenvalue weighted by molar-refractivity contribution is -0.139. The molecule has 1 atom stereocenters. The second kappa shape index (κ2) is 14.4. The Kier molecular flexibility index (Phi) is 11.5. The Bertz CT molecular complexity index is 1430. The predicted molar refractivity (Wildman–Crippen MR) is 162 cm³/mol. The third kappa shape index (κ3) is 8.27. The number of unbranched alkanes of at least 4 members (excludes halogenated alkanes) is 1. The zero-order chi connectivity index (χ0) is 29.4. The first-order valence-corrected chi connectivity index (χ1v) is 15.4. The quantitative estimate of drug-likeness (QED) is 0.219. The van der Waals surface area contributed by atoms with Crippen molar-refractivity contribution >= 4 is 73.9 Å². The SMILES string of the molecule is CCCCNC(=O)[C@H](C)N(Cc1ccc(Cl)c(Cl)c1)C(=O)CN(c1cc(Cl)cc(Cl)c1)S(=O)(=O)c1ccccc1. The first-order chi connectivity index (χ1) is 18.9. The number of amides is 2. The highest BCUT2D eigenvalue weighted by molar-refractivity contribution is 7.92. The molecule has 3 aromatic rings. The fourth-order valence-corrected chi connectivity index (χ4v) is 6.14. The van der Waals surface area contributed by atoms with Gasteiger partial charge in [-0.15, -0.1) is 0 Å². The summed E-state index contributed by atoms with van der Waals surface area (Å²) in [5.74, 6) is -0.995. The largest absolute Gasteiger partial charge is 0.354 e. The number of carbonyl (C=O) groups is 2. The maximum absolute atomic E-state index is 13.9. The Morgan fingerprint density at radius 3 is 2.15 bits per heavy atom. The van der Waals surface area contributed by atoms with E-state index in [0.717, 1.165) is 17.1 Å². The van der Waals surface area contributed by atoms with E-state index in [0.29, 0.717) is 17.1 Å². The van der Waals surface area contributed by atoms with Gasteiger partial charge in [0.1, 0.15) is 12.6 Å². The van der Waals surface area contributed by atoms with Crippen molar-refractivity contribution in [3.63, 3.8) is 0 Å². The van der Waals surface area contributed by atoms with E-state index in [4.69, 9.17) is 46.4 Å². The van der Waals surface area contributed by atoms with Gasteiger partial charge in [0.25, 0.3) is 10.0 Å². The molecule has 0 aliphatic heterocycles. The molecule has 0 aliphatic rings. The lowest BCUT2D eigenvalue weighted by atomic mass is 10.1. The molecule has 0 unspecified atom stereocenters. The molecule has 0 spiro atoms. The first kappa shape index (κ1) is 32.0. The first-order valence-electron chi connectivity index (χ1n) is 12.5. The van der Waals surface area contributed by atoms with Gasteiger partial charge in [-0.2, -0.15) is 0 Å². The minimum Gasteiger partial charge on any atom is -0.354 e. The molecule has 0 bridgehead atoms. The number of hydrogen-bond donors (Lipinski definition) is 1. The molecule has 12 heteroatoms. The van der Waals surface area contributed by atoms with Gasteiger partial charge in [0.05, 0.1) is 20.6 Å². The van der Waals surface area contributed by atoms with Gasteiger partial charge in [-0.05, 0) is 61.4 Å². The van der Waals surface area contributed by atoms with Gasteiger partial charge in [0, 0.05) is 23.1 Å². The summed E-state index contributed by atoms with van der Waals surface area (Å²) in [7, 11) is -4.24. The van der Waals surface area contributed by atoms with Gasteiger partial charge in [0.2, 0.25) is 11.8 Å². The summed E-state index contributed by atoms with van der Waals surface area (Å²) < 4.78 is 28.5. The van der Waals surface area contributed by atoms with Gasteiger partial charge in [-0.25, -0.2) is 8.42 Å². The molecule has 3 aromatic carbocycles. The zero-order valence-corrected chi connectivity index (χ0v) is 25.8. The molecule has 7 nitrogen and oxygen atoms in total. The zero-order valence-electron chi connectivity index (χ0n) is 21.9.